The van der Waals surface area contributed by atoms with Crippen molar-refractivity contribution in [2.24, 2.45) is 0 Å². The van der Waals surface area contributed by atoms with Crippen molar-refractivity contribution in [1.82, 2.24) is 9.38 Å². The lowest BCUT2D eigenvalue weighted by atomic mass is 10.1. The highest BCUT2D eigenvalue weighted by Gasteiger charge is 2.13. The van der Waals surface area contributed by atoms with E-state index in [2.05, 4.69) is 17.2 Å². The number of hydrogen-bond donors (Lipinski definition) is 1. The normalized spacial score (nSPS) is 10.8. The van der Waals surface area contributed by atoms with Gasteiger partial charge in [0.1, 0.15) is 11.2 Å². The highest BCUT2D eigenvalue weighted by atomic mass is 16.2. The molecule has 0 aliphatic heterocycles. The molecule has 3 rings (SSSR count). The van der Waals surface area contributed by atoms with Gasteiger partial charge in [-0.05, 0) is 49.1 Å². The van der Waals surface area contributed by atoms with Gasteiger partial charge >= 0.3 is 0 Å². The van der Waals surface area contributed by atoms with E-state index in [1.54, 1.807) is 12.3 Å². The summed E-state index contributed by atoms with van der Waals surface area (Å²) in [6, 6.07) is 11.4. The molecular weight excluding hydrogens is 314 g/mol. The number of anilines is 1. The van der Waals surface area contributed by atoms with Gasteiger partial charge in [0, 0.05) is 18.1 Å². The Labute approximate surface area is 146 Å². The van der Waals surface area contributed by atoms with Crippen LogP contribution in [0, 0.1) is 6.92 Å². The van der Waals surface area contributed by atoms with Crippen molar-refractivity contribution in [1.29, 1.82) is 0 Å². The maximum Gasteiger partial charge on any atom is 0.270 e. The van der Waals surface area contributed by atoms with Crippen LogP contribution in [0.25, 0.3) is 5.65 Å². The van der Waals surface area contributed by atoms with E-state index < -0.39 is 5.91 Å². The molecule has 5 heteroatoms. The van der Waals surface area contributed by atoms with Crippen molar-refractivity contribution < 1.29 is 4.79 Å². The van der Waals surface area contributed by atoms with Crippen molar-refractivity contribution in [3.63, 3.8) is 0 Å². The van der Waals surface area contributed by atoms with Gasteiger partial charge in [0.05, 0.1) is 0 Å². The van der Waals surface area contributed by atoms with Gasteiger partial charge in [-0.1, -0.05) is 31.5 Å². The number of fused-ring (bicyclic) bond motifs is 1. The Hall–Kier alpha value is -2.95. The minimum atomic E-state index is -0.449. The number of hydrogen-bond acceptors (Lipinski definition) is 3. The molecule has 2 heterocycles. The monoisotopic (exact) mass is 335 g/mol. The van der Waals surface area contributed by atoms with Gasteiger partial charge in [0.15, 0.2) is 0 Å². The third kappa shape index (κ3) is 3.76. The summed E-state index contributed by atoms with van der Waals surface area (Å²) in [5, 5.41) is 2.77. The SMILES string of the molecule is CCCCc1ccc(NC(=O)c2cnc3ccc(C)cn3c2=O)cc1. The first-order valence-corrected chi connectivity index (χ1v) is 8.47. The lowest BCUT2D eigenvalue weighted by Crippen LogP contribution is -2.26. The van der Waals surface area contributed by atoms with Crippen LogP contribution in [0.15, 0.2) is 53.6 Å². The second-order valence-corrected chi connectivity index (χ2v) is 6.17. The van der Waals surface area contributed by atoms with Crippen LogP contribution in [-0.2, 0) is 6.42 Å². The molecule has 1 aromatic carbocycles. The standard InChI is InChI=1S/C20H21N3O2/c1-3-4-5-15-7-9-16(10-8-15)22-19(24)17-12-21-18-11-6-14(2)13-23(18)20(17)25/h6-13H,3-5H2,1-2H3,(H,22,24). The Bertz CT molecular complexity index is 959. The fourth-order valence-electron chi connectivity index (χ4n) is 2.67. The molecule has 0 saturated heterocycles. The molecule has 0 aliphatic rings. The maximum atomic E-state index is 12.5. The van der Waals surface area contributed by atoms with Crippen LogP contribution in [0.4, 0.5) is 5.69 Å². The van der Waals surface area contributed by atoms with Crippen LogP contribution in [0.1, 0.15) is 41.3 Å². The Balaban J connectivity index is 1.82. The van der Waals surface area contributed by atoms with E-state index in [0.717, 1.165) is 24.8 Å². The largest absolute Gasteiger partial charge is 0.322 e. The van der Waals surface area contributed by atoms with E-state index in [0.29, 0.717) is 11.3 Å². The topological polar surface area (TPSA) is 63.5 Å². The highest BCUT2D eigenvalue weighted by Crippen LogP contribution is 2.12. The summed E-state index contributed by atoms with van der Waals surface area (Å²) in [6.07, 6.45) is 6.34. The van der Waals surface area contributed by atoms with Crippen molar-refractivity contribution >= 4 is 17.2 Å². The van der Waals surface area contributed by atoms with Crippen molar-refractivity contribution in [2.45, 2.75) is 33.1 Å². The number of nitrogens with one attached hydrogen (secondary N) is 1. The number of aryl methyl sites for hydroxylation is 2. The number of benzene rings is 1. The minimum absolute atomic E-state index is 0.0261. The summed E-state index contributed by atoms with van der Waals surface area (Å²) in [5.74, 6) is -0.449. The molecule has 2 aromatic heterocycles. The lowest BCUT2D eigenvalue weighted by molar-refractivity contribution is 0.102. The Morgan fingerprint density at radius 2 is 1.92 bits per heavy atom. The number of unbranched alkanes of at least 4 members (excludes halogenated alkanes) is 1. The van der Waals surface area contributed by atoms with Gasteiger partial charge in [-0.15, -0.1) is 0 Å². The molecule has 0 bridgehead atoms. The van der Waals surface area contributed by atoms with Crippen molar-refractivity contribution in [3.05, 3.63) is 75.8 Å². The molecule has 1 N–H and O–H groups in total. The highest BCUT2D eigenvalue weighted by molar-refractivity contribution is 6.03. The van der Waals surface area contributed by atoms with Crippen molar-refractivity contribution in [2.75, 3.05) is 5.32 Å². The molecular formula is C20H21N3O2. The van der Waals surface area contributed by atoms with Gasteiger partial charge in [-0.3, -0.25) is 14.0 Å². The van der Waals surface area contributed by atoms with E-state index in [4.69, 9.17) is 0 Å². The average Bonchev–Trinajstić information content (AvgIpc) is 2.62. The molecule has 0 spiro atoms. The molecule has 3 aromatic rings. The Morgan fingerprint density at radius 3 is 2.64 bits per heavy atom. The minimum Gasteiger partial charge on any atom is -0.322 e. The first kappa shape index (κ1) is 16.9. The van der Waals surface area contributed by atoms with Crippen LogP contribution >= 0.6 is 0 Å². The third-order valence-corrected chi connectivity index (χ3v) is 4.13. The van der Waals surface area contributed by atoms with E-state index in [-0.39, 0.29) is 11.1 Å². The first-order valence-electron chi connectivity index (χ1n) is 8.47. The summed E-state index contributed by atoms with van der Waals surface area (Å²) >= 11 is 0. The van der Waals surface area contributed by atoms with E-state index in [1.165, 1.54) is 16.2 Å². The van der Waals surface area contributed by atoms with Crippen LogP contribution in [0.5, 0.6) is 0 Å². The smallest absolute Gasteiger partial charge is 0.270 e. The molecule has 0 saturated carbocycles. The second-order valence-electron chi connectivity index (χ2n) is 6.17. The summed E-state index contributed by atoms with van der Waals surface area (Å²) < 4.78 is 1.40. The Morgan fingerprint density at radius 1 is 1.16 bits per heavy atom. The van der Waals surface area contributed by atoms with Gasteiger partial charge in [-0.2, -0.15) is 0 Å². The molecule has 128 valence electrons. The quantitative estimate of drug-likeness (QED) is 0.775. The predicted octanol–water partition coefficient (Wildman–Crippen LogP) is 3.60. The fraction of sp³-hybridized carbons (Fsp3) is 0.250. The van der Waals surface area contributed by atoms with E-state index in [1.807, 2.05) is 37.3 Å². The van der Waals surface area contributed by atoms with Crippen LogP contribution in [0.2, 0.25) is 0 Å². The molecule has 1 amide bonds. The number of amides is 1. The molecule has 0 unspecified atom stereocenters. The number of aromatic nitrogens is 2. The summed E-state index contributed by atoms with van der Waals surface area (Å²) in [6.45, 7) is 4.05. The average molecular weight is 335 g/mol. The number of nitrogens with zero attached hydrogens (tertiary/aromatic N) is 2. The van der Waals surface area contributed by atoms with Gasteiger partial charge in [0.25, 0.3) is 11.5 Å². The first-order chi connectivity index (χ1) is 12.1. The summed E-state index contributed by atoms with van der Waals surface area (Å²) in [7, 11) is 0. The Kier molecular flexibility index (Phi) is 4.93. The number of pyridine rings is 1. The van der Waals surface area contributed by atoms with E-state index >= 15 is 0 Å². The number of rotatable bonds is 5. The van der Waals surface area contributed by atoms with Gasteiger partial charge in [-0.25, -0.2) is 4.98 Å². The molecule has 0 atom stereocenters. The predicted molar refractivity (Wildman–Crippen MR) is 99.2 cm³/mol. The number of carbonyl (C=O) groups is 1. The summed E-state index contributed by atoms with van der Waals surface area (Å²) in [4.78, 5) is 29.2. The van der Waals surface area contributed by atoms with Crippen LogP contribution in [0.3, 0.4) is 0 Å². The molecule has 0 fully saturated rings. The third-order valence-electron chi connectivity index (χ3n) is 4.13. The lowest BCUT2D eigenvalue weighted by Gasteiger charge is -2.07. The zero-order chi connectivity index (χ0) is 17.8. The van der Waals surface area contributed by atoms with Crippen molar-refractivity contribution in [3.8, 4) is 0 Å². The van der Waals surface area contributed by atoms with Gasteiger partial charge < -0.3 is 5.32 Å². The molecule has 25 heavy (non-hydrogen) atoms. The zero-order valence-electron chi connectivity index (χ0n) is 14.5. The zero-order valence-corrected chi connectivity index (χ0v) is 14.5. The maximum absolute atomic E-state index is 12.5. The molecule has 0 aliphatic carbocycles. The van der Waals surface area contributed by atoms with E-state index in [9.17, 15) is 9.59 Å². The molecule has 0 radical (unpaired) electrons. The summed E-state index contributed by atoms with van der Waals surface area (Å²) in [5.41, 5.74) is 3.01. The van der Waals surface area contributed by atoms with Gasteiger partial charge in [0.2, 0.25) is 0 Å². The van der Waals surface area contributed by atoms with Crippen LogP contribution < -0.4 is 10.9 Å². The fourth-order valence-corrected chi connectivity index (χ4v) is 2.67. The number of carbonyl (C=O) groups excluding carboxylic acids is 1. The second kappa shape index (κ2) is 7.30. The van der Waals surface area contributed by atoms with Crippen LogP contribution in [-0.4, -0.2) is 15.3 Å². The molecule has 5 nitrogen and oxygen atoms in total.